The van der Waals surface area contributed by atoms with Crippen LogP contribution in [0, 0.1) is 29.6 Å². The lowest BCUT2D eigenvalue weighted by Gasteiger charge is -1.96. The standard InChI is InChI=1S/C11H6N2S/c1-7-6-14-11-9(5-13)3-2-8(4-12)10(7)11/h2-3,6H,1H3. The fourth-order valence-corrected chi connectivity index (χ4v) is 2.53. The van der Waals surface area contributed by atoms with E-state index in [9.17, 15) is 0 Å². The summed E-state index contributed by atoms with van der Waals surface area (Å²) in [7, 11) is 0. The number of fused-ring (bicyclic) bond motifs is 1. The minimum Gasteiger partial charge on any atom is -0.192 e. The Balaban J connectivity index is 2.99. The van der Waals surface area contributed by atoms with E-state index in [-0.39, 0.29) is 0 Å². The van der Waals surface area contributed by atoms with E-state index in [0.717, 1.165) is 15.6 Å². The van der Waals surface area contributed by atoms with Crippen molar-refractivity contribution < 1.29 is 0 Å². The highest BCUT2D eigenvalue weighted by Crippen LogP contribution is 2.30. The molecule has 1 aromatic heterocycles. The molecule has 0 N–H and O–H groups in total. The zero-order chi connectivity index (χ0) is 10.1. The molecule has 0 saturated heterocycles. The van der Waals surface area contributed by atoms with Crippen molar-refractivity contribution in [3.05, 3.63) is 34.2 Å². The van der Waals surface area contributed by atoms with Gasteiger partial charge in [0.05, 0.1) is 21.9 Å². The quantitative estimate of drug-likeness (QED) is 0.653. The Bertz CT molecular complexity index is 582. The molecule has 1 heterocycles. The van der Waals surface area contributed by atoms with E-state index >= 15 is 0 Å². The highest BCUT2D eigenvalue weighted by Gasteiger charge is 2.09. The normalized spacial score (nSPS) is 9.64. The molecule has 0 saturated carbocycles. The van der Waals surface area contributed by atoms with Crippen LogP contribution < -0.4 is 0 Å². The van der Waals surface area contributed by atoms with Gasteiger partial charge in [0, 0.05) is 5.39 Å². The first-order valence-electron chi connectivity index (χ1n) is 4.09. The summed E-state index contributed by atoms with van der Waals surface area (Å²) in [4.78, 5) is 0. The van der Waals surface area contributed by atoms with Crippen molar-refractivity contribution in [1.29, 1.82) is 10.5 Å². The number of thiophene rings is 1. The van der Waals surface area contributed by atoms with Crippen molar-refractivity contribution in [3.63, 3.8) is 0 Å². The van der Waals surface area contributed by atoms with Crippen LogP contribution in [0.25, 0.3) is 10.1 Å². The van der Waals surface area contributed by atoms with Gasteiger partial charge in [-0.05, 0) is 30.0 Å². The molecule has 0 aliphatic heterocycles. The van der Waals surface area contributed by atoms with Crippen LogP contribution >= 0.6 is 11.3 Å². The van der Waals surface area contributed by atoms with Crippen LogP contribution in [0.3, 0.4) is 0 Å². The average Bonchev–Trinajstić information content (AvgIpc) is 2.60. The summed E-state index contributed by atoms with van der Waals surface area (Å²) in [6.45, 7) is 1.96. The van der Waals surface area contributed by atoms with Crippen LogP contribution in [0.15, 0.2) is 17.5 Å². The predicted octanol–water partition coefficient (Wildman–Crippen LogP) is 2.95. The summed E-state index contributed by atoms with van der Waals surface area (Å²) < 4.78 is 0.920. The molecule has 66 valence electrons. The van der Waals surface area contributed by atoms with Crippen LogP contribution in [0.1, 0.15) is 16.7 Å². The van der Waals surface area contributed by atoms with Crippen LogP contribution in [0.4, 0.5) is 0 Å². The van der Waals surface area contributed by atoms with Crippen molar-refractivity contribution in [1.82, 2.24) is 0 Å². The molecule has 0 unspecified atom stereocenters. The second kappa shape index (κ2) is 3.14. The van der Waals surface area contributed by atoms with Crippen molar-refractivity contribution in [2.45, 2.75) is 6.92 Å². The molecule has 2 rings (SSSR count). The number of rotatable bonds is 0. The number of nitrogens with zero attached hydrogens (tertiary/aromatic N) is 2. The summed E-state index contributed by atoms with van der Waals surface area (Å²) in [5.74, 6) is 0. The van der Waals surface area contributed by atoms with Gasteiger partial charge >= 0.3 is 0 Å². The smallest absolute Gasteiger partial charge is 0.101 e. The average molecular weight is 198 g/mol. The second-order valence-corrected chi connectivity index (χ2v) is 3.89. The molecule has 1 aromatic carbocycles. The van der Waals surface area contributed by atoms with Crippen molar-refractivity contribution in [3.8, 4) is 12.1 Å². The molecule has 0 atom stereocenters. The zero-order valence-corrected chi connectivity index (χ0v) is 8.35. The van der Waals surface area contributed by atoms with Crippen molar-refractivity contribution >= 4 is 21.4 Å². The van der Waals surface area contributed by atoms with E-state index in [1.54, 1.807) is 12.1 Å². The third kappa shape index (κ3) is 1.08. The fraction of sp³-hybridized carbons (Fsp3) is 0.0909. The van der Waals surface area contributed by atoms with Gasteiger partial charge in [-0.1, -0.05) is 0 Å². The largest absolute Gasteiger partial charge is 0.192 e. The van der Waals surface area contributed by atoms with E-state index in [0.29, 0.717) is 11.1 Å². The topological polar surface area (TPSA) is 47.6 Å². The van der Waals surface area contributed by atoms with Crippen LogP contribution in [0.5, 0.6) is 0 Å². The summed E-state index contributed by atoms with van der Waals surface area (Å²) in [6, 6.07) is 7.70. The van der Waals surface area contributed by atoms with Gasteiger partial charge in [-0.3, -0.25) is 0 Å². The van der Waals surface area contributed by atoms with Crippen molar-refractivity contribution in [2.24, 2.45) is 0 Å². The Hall–Kier alpha value is -1.84. The van der Waals surface area contributed by atoms with E-state index in [4.69, 9.17) is 10.5 Å². The zero-order valence-electron chi connectivity index (χ0n) is 7.53. The van der Waals surface area contributed by atoms with Gasteiger partial charge in [-0.25, -0.2) is 0 Å². The number of hydrogen-bond donors (Lipinski definition) is 0. The Morgan fingerprint density at radius 3 is 2.43 bits per heavy atom. The van der Waals surface area contributed by atoms with Gasteiger partial charge in [0.15, 0.2) is 0 Å². The first kappa shape index (κ1) is 8.74. The van der Waals surface area contributed by atoms with E-state index < -0.39 is 0 Å². The van der Waals surface area contributed by atoms with Crippen LogP contribution in [0.2, 0.25) is 0 Å². The summed E-state index contributed by atoms with van der Waals surface area (Å²) >= 11 is 1.52. The molecule has 0 radical (unpaired) electrons. The number of aryl methyl sites for hydroxylation is 1. The van der Waals surface area contributed by atoms with Gasteiger partial charge in [0.25, 0.3) is 0 Å². The summed E-state index contributed by atoms with van der Waals surface area (Å²) in [6.07, 6.45) is 0. The van der Waals surface area contributed by atoms with Gasteiger partial charge in [0.2, 0.25) is 0 Å². The number of nitriles is 2. The monoisotopic (exact) mass is 198 g/mol. The van der Waals surface area contributed by atoms with Crippen LogP contribution in [-0.4, -0.2) is 0 Å². The fourth-order valence-electron chi connectivity index (χ4n) is 1.48. The maximum Gasteiger partial charge on any atom is 0.101 e. The lowest BCUT2D eigenvalue weighted by molar-refractivity contribution is 1.48. The predicted molar refractivity (Wildman–Crippen MR) is 56.0 cm³/mol. The molecule has 2 nitrogen and oxygen atoms in total. The minimum atomic E-state index is 0.650. The third-order valence-electron chi connectivity index (χ3n) is 2.15. The van der Waals surface area contributed by atoms with E-state index in [1.165, 1.54) is 11.3 Å². The highest BCUT2D eigenvalue weighted by molar-refractivity contribution is 7.17. The molecule has 0 amide bonds. The maximum atomic E-state index is 8.91. The van der Waals surface area contributed by atoms with E-state index in [2.05, 4.69) is 12.1 Å². The van der Waals surface area contributed by atoms with Gasteiger partial charge < -0.3 is 0 Å². The molecular formula is C11H6N2S. The SMILES string of the molecule is Cc1csc2c(C#N)ccc(C#N)c12. The molecule has 3 heteroatoms. The lowest BCUT2D eigenvalue weighted by Crippen LogP contribution is -1.81. The molecular weight excluding hydrogens is 192 g/mol. The van der Waals surface area contributed by atoms with Crippen LogP contribution in [-0.2, 0) is 0 Å². The molecule has 14 heavy (non-hydrogen) atoms. The highest BCUT2D eigenvalue weighted by atomic mass is 32.1. The molecule has 0 fully saturated rings. The first-order valence-corrected chi connectivity index (χ1v) is 4.97. The molecule has 0 spiro atoms. The van der Waals surface area contributed by atoms with Gasteiger partial charge in [0.1, 0.15) is 6.07 Å². The van der Waals surface area contributed by atoms with Crippen molar-refractivity contribution in [2.75, 3.05) is 0 Å². The summed E-state index contributed by atoms with van der Waals surface area (Å²) in [5, 5.41) is 20.7. The lowest BCUT2D eigenvalue weighted by atomic mass is 10.1. The first-order chi connectivity index (χ1) is 6.77. The molecule has 2 aromatic rings. The Morgan fingerprint density at radius 2 is 1.79 bits per heavy atom. The summed E-state index contributed by atoms with van der Waals surface area (Å²) in [5.41, 5.74) is 2.37. The number of benzene rings is 1. The third-order valence-corrected chi connectivity index (χ3v) is 3.28. The maximum absolute atomic E-state index is 8.91. The van der Waals surface area contributed by atoms with E-state index in [1.807, 2.05) is 12.3 Å². The molecule has 0 aliphatic rings. The Labute approximate surface area is 85.6 Å². The Morgan fingerprint density at radius 1 is 1.14 bits per heavy atom. The minimum absolute atomic E-state index is 0.650. The number of hydrogen-bond acceptors (Lipinski definition) is 3. The van der Waals surface area contributed by atoms with Gasteiger partial charge in [-0.15, -0.1) is 11.3 Å². The molecule has 0 aliphatic carbocycles. The Kier molecular flexibility index (Phi) is 1.96. The molecule has 0 bridgehead atoms. The second-order valence-electron chi connectivity index (χ2n) is 3.01. The van der Waals surface area contributed by atoms with Gasteiger partial charge in [-0.2, -0.15) is 10.5 Å².